The maximum Gasteiger partial charge on any atom is 0.256 e. The number of amides is 1. The lowest BCUT2D eigenvalue weighted by atomic mass is 9.76. The minimum Gasteiger partial charge on any atom is -0.509 e. The van der Waals surface area contributed by atoms with E-state index >= 15 is 0 Å². The Morgan fingerprint density at radius 2 is 1.84 bits per heavy atom. The molecule has 3 rings (SSSR count). The van der Waals surface area contributed by atoms with Gasteiger partial charge < -0.3 is 10.4 Å². The van der Waals surface area contributed by atoms with Crippen molar-refractivity contribution in [3.63, 3.8) is 0 Å². The average molecular weight is 257 g/mol. The molecule has 1 amide bonds. The molecule has 1 fully saturated rings. The number of aliphatic hydroxyl groups is 1. The molecule has 1 aliphatic carbocycles. The number of hydrogen-bond acceptors (Lipinski definition) is 2. The third-order valence-electron chi connectivity index (χ3n) is 4.46. The zero-order chi connectivity index (χ0) is 13.5. The first-order valence-electron chi connectivity index (χ1n) is 6.94. The summed E-state index contributed by atoms with van der Waals surface area (Å²) < 4.78 is 0. The van der Waals surface area contributed by atoms with E-state index in [1.807, 2.05) is 30.3 Å². The summed E-state index contributed by atoms with van der Waals surface area (Å²) in [6, 6.07) is 9.42. The van der Waals surface area contributed by atoms with E-state index in [4.69, 9.17) is 0 Å². The molecule has 19 heavy (non-hydrogen) atoms. The van der Waals surface area contributed by atoms with Crippen molar-refractivity contribution < 1.29 is 9.90 Å². The lowest BCUT2D eigenvalue weighted by Gasteiger charge is -2.36. The van der Waals surface area contributed by atoms with Gasteiger partial charge in [-0.2, -0.15) is 0 Å². The van der Waals surface area contributed by atoms with E-state index < -0.39 is 5.54 Å². The van der Waals surface area contributed by atoms with Crippen LogP contribution in [0.3, 0.4) is 0 Å². The summed E-state index contributed by atoms with van der Waals surface area (Å²) >= 11 is 0. The topological polar surface area (TPSA) is 49.3 Å². The monoisotopic (exact) mass is 257 g/mol. The highest BCUT2D eigenvalue weighted by atomic mass is 16.3. The van der Waals surface area contributed by atoms with Crippen molar-refractivity contribution in [1.82, 2.24) is 5.32 Å². The van der Waals surface area contributed by atoms with Crippen molar-refractivity contribution in [3.05, 3.63) is 41.7 Å². The van der Waals surface area contributed by atoms with Gasteiger partial charge in [-0.1, -0.05) is 37.3 Å². The first-order valence-corrected chi connectivity index (χ1v) is 6.94. The summed E-state index contributed by atoms with van der Waals surface area (Å²) in [4.78, 5) is 12.2. The third kappa shape index (κ3) is 1.93. The molecule has 3 nitrogen and oxygen atoms in total. The third-order valence-corrected chi connectivity index (χ3v) is 4.46. The molecule has 0 radical (unpaired) electrons. The van der Waals surface area contributed by atoms with Crippen LogP contribution >= 0.6 is 0 Å². The Morgan fingerprint density at radius 1 is 1.21 bits per heavy atom. The minimum absolute atomic E-state index is 0.141. The molecule has 0 atom stereocenters. The predicted octanol–water partition coefficient (Wildman–Crippen LogP) is 3.03. The van der Waals surface area contributed by atoms with Crippen LogP contribution in [0.4, 0.5) is 0 Å². The molecule has 0 bridgehead atoms. The Hall–Kier alpha value is -1.77. The fourth-order valence-corrected chi connectivity index (χ4v) is 3.18. The van der Waals surface area contributed by atoms with Gasteiger partial charge in [0, 0.05) is 0 Å². The van der Waals surface area contributed by atoms with Crippen LogP contribution in [0.1, 0.15) is 38.2 Å². The zero-order valence-corrected chi connectivity index (χ0v) is 11.1. The van der Waals surface area contributed by atoms with Crippen LogP contribution in [0.2, 0.25) is 0 Å². The standard InChI is InChI=1S/C16H19NO2/c1-11-7-9-16(10-8-11)14(18)13(15(19)17-16)12-5-3-2-4-6-12/h2-6,11,18H,7-10H2,1H3,(H,17,19). The fourth-order valence-electron chi connectivity index (χ4n) is 3.18. The number of aliphatic hydroxyl groups excluding tert-OH is 1. The molecule has 1 saturated carbocycles. The Morgan fingerprint density at radius 3 is 2.47 bits per heavy atom. The van der Waals surface area contributed by atoms with E-state index in [0.717, 1.165) is 31.2 Å². The molecule has 2 aliphatic rings. The number of carbonyl (C=O) groups is 1. The molecule has 3 heteroatoms. The zero-order valence-electron chi connectivity index (χ0n) is 11.1. The molecular formula is C16H19NO2. The van der Waals surface area contributed by atoms with E-state index in [1.54, 1.807) is 0 Å². The second-order valence-corrected chi connectivity index (χ2v) is 5.81. The molecule has 1 aromatic carbocycles. The SMILES string of the molecule is CC1CCC2(CC1)NC(=O)C(c1ccccc1)=C2O. The molecule has 100 valence electrons. The highest BCUT2D eigenvalue weighted by Crippen LogP contribution is 2.42. The molecule has 0 aromatic heterocycles. The molecule has 0 saturated heterocycles. The van der Waals surface area contributed by atoms with Gasteiger partial charge in [-0.05, 0) is 37.2 Å². The van der Waals surface area contributed by atoms with E-state index in [0.29, 0.717) is 11.5 Å². The summed E-state index contributed by atoms with van der Waals surface area (Å²) in [7, 11) is 0. The minimum atomic E-state index is -0.505. The van der Waals surface area contributed by atoms with E-state index in [-0.39, 0.29) is 11.7 Å². The molecular weight excluding hydrogens is 238 g/mol. The van der Waals surface area contributed by atoms with Gasteiger partial charge in [0.1, 0.15) is 5.76 Å². The highest BCUT2D eigenvalue weighted by molar-refractivity contribution is 6.23. The quantitative estimate of drug-likeness (QED) is 0.812. The molecule has 0 unspecified atom stereocenters. The number of hydrogen-bond donors (Lipinski definition) is 2. The Balaban J connectivity index is 2.00. The number of rotatable bonds is 1. The van der Waals surface area contributed by atoms with Crippen molar-refractivity contribution in [2.45, 2.75) is 38.1 Å². The number of carbonyl (C=O) groups excluding carboxylic acids is 1. The fraction of sp³-hybridized carbons (Fsp3) is 0.438. The Bertz CT molecular complexity index is 525. The van der Waals surface area contributed by atoms with Gasteiger partial charge in [0.05, 0.1) is 11.1 Å². The van der Waals surface area contributed by atoms with Gasteiger partial charge in [0.25, 0.3) is 5.91 Å². The van der Waals surface area contributed by atoms with E-state index in [1.165, 1.54) is 0 Å². The largest absolute Gasteiger partial charge is 0.509 e. The lowest BCUT2D eigenvalue weighted by molar-refractivity contribution is -0.116. The van der Waals surface area contributed by atoms with Crippen LogP contribution in [0, 0.1) is 5.92 Å². The van der Waals surface area contributed by atoms with Gasteiger partial charge in [-0.3, -0.25) is 4.79 Å². The maximum absolute atomic E-state index is 12.2. The molecule has 1 spiro atoms. The lowest BCUT2D eigenvalue weighted by Crippen LogP contribution is -2.47. The second kappa shape index (κ2) is 4.41. The van der Waals surface area contributed by atoms with Crippen LogP contribution < -0.4 is 5.32 Å². The summed E-state index contributed by atoms with van der Waals surface area (Å²) in [5, 5.41) is 13.6. The molecule has 1 aromatic rings. The van der Waals surface area contributed by atoms with Crippen molar-refractivity contribution in [2.24, 2.45) is 5.92 Å². The summed E-state index contributed by atoms with van der Waals surface area (Å²) in [6.07, 6.45) is 3.77. The van der Waals surface area contributed by atoms with Gasteiger partial charge in [0.2, 0.25) is 0 Å². The van der Waals surface area contributed by atoms with Gasteiger partial charge in [-0.15, -0.1) is 0 Å². The van der Waals surface area contributed by atoms with Crippen LogP contribution in [-0.2, 0) is 4.79 Å². The van der Waals surface area contributed by atoms with Crippen LogP contribution in [0.15, 0.2) is 36.1 Å². The molecule has 1 heterocycles. The van der Waals surface area contributed by atoms with Crippen LogP contribution in [0.25, 0.3) is 5.57 Å². The average Bonchev–Trinajstić information content (AvgIpc) is 2.66. The first-order chi connectivity index (χ1) is 9.12. The molecule has 2 N–H and O–H groups in total. The second-order valence-electron chi connectivity index (χ2n) is 5.81. The number of benzene rings is 1. The van der Waals surface area contributed by atoms with Crippen molar-refractivity contribution in [3.8, 4) is 0 Å². The molecule has 1 aliphatic heterocycles. The van der Waals surface area contributed by atoms with Crippen molar-refractivity contribution in [2.75, 3.05) is 0 Å². The smallest absolute Gasteiger partial charge is 0.256 e. The van der Waals surface area contributed by atoms with Crippen molar-refractivity contribution >= 4 is 11.5 Å². The first kappa shape index (κ1) is 12.3. The van der Waals surface area contributed by atoms with Gasteiger partial charge in [0.15, 0.2) is 0 Å². The maximum atomic E-state index is 12.2. The Labute approximate surface area is 113 Å². The summed E-state index contributed by atoms with van der Waals surface area (Å²) in [5.74, 6) is 0.782. The van der Waals surface area contributed by atoms with Crippen LogP contribution in [0.5, 0.6) is 0 Å². The summed E-state index contributed by atoms with van der Waals surface area (Å²) in [5.41, 5.74) is 0.748. The normalized spacial score (nSPS) is 30.8. The van der Waals surface area contributed by atoms with E-state index in [9.17, 15) is 9.90 Å². The van der Waals surface area contributed by atoms with E-state index in [2.05, 4.69) is 12.2 Å². The van der Waals surface area contributed by atoms with Crippen molar-refractivity contribution in [1.29, 1.82) is 0 Å². The predicted molar refractivity (Wildman–Crippen MR) is 74.5 cm³/mol. The van der Waals surface area contributed by atoms with Gasteiger partial charge in [-0.25, -0.2) is 0 Å². The van der Waals surface area contributed by atoms with Gasteiger partial charge >= 0.3 is 0 Å². The number of nitrogens with one attached hydrogen (secondary N) is 1. The Kier molecular flexibility index (Phi) is 2.85. The van der Waals surface area contributed by atoms with Crippen LogP contribution in [-0.4, -0.2) is 16.6 Å². The highest BCUT2D eigenvalue weighted by Gasteiger charge is 2.47. The summed E-state index contributed by atoms with van der Waals surface area (Å²) in [6.45, 7) is 2.22.